The average molecular weight is 188 g/mol. The molecule has 8 heteroatoms. The molecule has 0 radical (unpaired) electrons. The molecule has 0 aromatic carbocycles. The monoisotopic (exact) mass is 188 g/mol. The van der Waals surface area contributed by atoms with Gasteiger partial charge >= 0.3 is 0 Å². The first kappa shape index (κ1) is 10.1. The first-order valence-corrected chi connectivity index (χ1v) is 4.29. The molecule has 62 valence electrons. The summed E-state index contributed by atoms with van der Waals surface area (Å²) in [6.07, 6.45) is 0. The first-order valence-electron chi connectivity index (χ1n) is 2.16. The predicted molar refractivity (Wildman–Crippen MR) is 37.1 cm³/mol. The quantitative estimate of drug-likeness (QED) is 0.440. The minimum atomic E-state index is -2.45. The van der Waals surface area contributed by atoms with E-state index < -0.39 is 22.5 Å². The smallest absolute Gasteiger partial charge is 0.263 e. The zero-order valence-corrected chi connectivity index (χ0v) is 7.05. The standard InChI is InChI=1S/C2H8N2O4S2/c1-3(2)4(9(5)6)10(7)8/h1-2H3,(H,5,6)(H,7,8). The Kier molecular flexibility index (Phi) is 4.17. The summed E-state index contributed by atoms with van der Waals surface area (Å²) in [6, 6.07) is 0. The lowest BCUT2D eigenvalue weighted by molar-refractivity contribution is 0.215. The second-order valence-corrected chi connectivity index (χ2v) is 3.39. The molecular formula is C2H8N2O4S2. The number of nitrogens with zero attached hydrogens (tertiary/aromatic N) is 2. The van der Waals surface area contributed by atoms with Crippen molar-refractivity contribution >= 4 is 22.5 Å². The van der Waals surface area contributed by atoms with Crippen molar-refractivity contribution in [2.75, 3.05) is 14.1 Å². The van der Waals surface area contributed by atoms with Crippen LogP contribution in [-0.4, -0.2) is 40.4 Å². The predicted octanol–water partition coefficient (Wildman–Crippen LogP) is -0.962. The van der Waals surface area contributed by atoms with Gasteiger partial charge in [-0.05, 0) is 3.82 Å². The summed E-state index contributed by atoms with van der Waals surface area (Å²) in [6.45, 7) is 0. The number of rotatable bonds is 3. The first-order chi connectivity index (χ1) is 4.46. The minimum absolute atomic E-state index is 0.389. The fourth-order valence-electron chi connectivity index (χ4n) is 0.334. The van der Waals surface area contributed by atoms with Crippen LogP contribution in [0.1, 0.15) is 0 Å². The summed E-state index contributed by atoms with van der Waals surface area (Å²) in [5.74, 6) is 0. The molecule has 0 bridgehead atoms. The Hall–Kier alpha value is 0.140. The molecule has 0 rings (SSSR count). The average Bonchev–Trinajstić information content (AvgIpc) is 1.59. The fourth-order valence-corrected chi connectivity index (χ4v) is 1.33. The maximum absolute atomic E-state index is 10.2. The molecule has 6 nitrogen and oxygen atoms in total. The highest BCUT2D eigenvalue weighted by Gasteiger charge is 2.19. The maximum atomic E-state index is 10.2. The van der Waals surface area contributed by atoms with E-state index in [1.165, 1.54) is 14.1 Å². The third-order valence-corrected chi connectivity index (χ3v) is 2.55. The third-order valence-electron chi connectivity index (χ3n) is 0.594. The minimum Gasteiger partial charge on any atom is -0.292 e. The van der Waals surface area contributed by atoms with Gasteiger partial charge in [-0.25, -0.2) is 13.4 Å². The molecule has 0 fully saturated rings. The van der Waals surface area contributed by atoms with Crippen LogP contribution in [0.3, 0.4) is 0 Å². The van der Waals surface area contributed by atoms with Gasteiger partial charge in [-0.3, -0.25) is 9.11 Å². The van der Waals surface area contributed by atoms with Crippen LogP contribution in [0.4, 0.5) is 0 Å². The van der Waals surface area contributed by atoms with Crippen molar-refractivity contribution in [1.29, 1.82) is 0 Å². The van der Waals surface area contributed by atoms with Gasteiger partial charge in [-0.2, -0.15) is 0 Å². The second kappa shape index (κ2) is 4.11. The van der Waals surface area contributed by atoms with Crippen molar-refractivity contribution in [3.63, 3.8) is 0 Å². The van der Waals surface area contributed by atoms with Crippen molar-refractivity contribution in [3.8, 4) is 0 Å². The van der Waals surface area contributed by atoms with Gasteiger partial charge in [0, 0.05) is 14.1 Å². The summed E-state index contributed by atoms with van der Waals surface area (Å²) in [5.41, 5.74) is 0. The molecule has 0 saturated carbocycles. The SMILES string of the molecule is CN(C)N(S(=O)O)S(=O)O. The molecule has 0 aliphatic carbocycles. The molecule has 0 aliphatic rings. The van der Waals surface area contributed by atoms with Gasteiger partial charge in [-0.15, -0.1) is 0 Å². The molecule has 0 saturated heterocycles. The summed E-state index contributed by atoms with van der Waals surface area (Å²) in [7, 11) is 2.75. The molecule has 2 unspecified atom stereocenters. The van der Waals surface area contributed by atoms with Gasteiger partial charge in [0.1, 0.15) is 0 Å². The van der Waals surface area contributed by atoms with E-state index in [-0.39, 0.29) is 0 Å². The van der Waals surface area contributed by atoms with E-state index in [2.05, 4.69) is 0 Å². The molecule has 0 aliphatic heterocycles. The van der Waals surface area contributed by atoms with Crippen LogP contribution in [0, 0.1) is 0 Å². The molecule has 0 spiro atoms. The van der Waals surface area contributed by atoms with E-state index >= 15 is 0 Å². The lowest BCUT2D eigenvalue weighted by Gasteiger charge is -2.18. The molecule has 2 N–H and O–H groups in total. The second-order valence-electron chi connectivity index (χ2n) is 1.55. The van der Waals surface area contributed by atoms with E-state index in [1.54, 1.807) is 0 Å². The Labute approximate surface area is 63.6 Å². The lowest BCUT2D eigenvalue weighted by Crippen LogP contribution is -2.39. The van der Waals surface area contributed by atoms with Crippen LogP contribution in [0.2, 0.25) is 0 Å². The van der Waals surface area contributed by atoms with E-state index in [0.717, 1.165) is 5.01 Å². The van der Waals surface area contributed by atoms with Crippen molar-refractivity contribution in [2.45, 2.75) is 0 Å². The van der Waals surface area contributed by atoms with Gasteiger partial charge in [-0.1, -0.05) is 0 Å². The van der Waals surface area contributed by atoms with Gasteiger partial charge in [0.15, 0.2) is 0 Å². The van der Waals surface area contributed by atoms with Crippen molar-refractivity contribution in [3.05, 3.63) is 0 Å². The van der Waals surface area contributed by atoms with Crippen molar-refractivity contribution in [1.82, 2.24) is 8.83 Å². The van der Waals surface area contributed by atoms with E-state index in [1.807, 2.05) is 0 Å². The highest BCUT2D eigenvalue weighted by atomic mass is 32.3. The number of hydrogen-bond donors (Lipinski definition) is 2. The van der Waals surface area contributed by atoms with E-state index in [0.29, 0.717) is 3.82 Å². The van der Waals surface area contributed by atoms with Crippen LogP contribution < -0.4 is 0 Å². The van der Waals surface area contributed by atoms with Crippen LogP contribution in [-0.2, 0) is 22.5 Å². The molecule has 0 aromatic rings. The highest BCUT2D eigenvalue weighted by molar-refractivity contribution is 7.92. The Bertz CT molecular complexity index is 145. The van der Waals surface area contributed by atoms with Crippen molar-refractivity contribution < 1.29 is 17.5 Å². The molecule has 10 heavy (non-hydrogen) atoms. The molecule has 0 aromatic heterocycles. The van der Waals surface area contributed by atoms with Crippen LogP contribution in [0.15, 0.2) is 0 Å². The van der Waals surface area contributed by atoms with Gasteiger partial charge in [0.25, 0.3) is 22.5 Å². The van der Waals surface area contributed by atoms with Crippen molar-refractivity contribution in [2.24, 2.45) is 0 Å². The van der Waals surface area contributed by atoms with Crippen LogP contribution in [0.5, 0.6) is 0 Å². The Morgan fingerprint density at radius 1 is 1.10 bits per heavy atom. The zero-order chi connectivity index (χ0) is 8.31. The molecule has 2 atom stereocenters. The number of hydrazine groups is 1. The Morgan fingerprint density at radius 3 is 1.40 bits per heavy atom. The molecule has 0 amide bonds. The van der Waals surface area contributed by atoms with Gasteiger partial charge < -0.3 is 0 Å². The normalized spacial score (nSPS) is 17.8. The lowest BCUT2D eigenvalue weighted by atomic mass is 11.2. The number of hydrogen-bond acceptors (Lipinski definition) is 3. The highest BCUT2D eigenvalue weighted by Crippen LogP contribution is 1.96. The Morgan fingerprint density at radius 2 is 1.40 bits per heavy atom. The zero-order valence-electron chi connectivity index (χ0n) is 5.42. The van der Waals surface area contributed by atoms with Gasteiger partial charge in [0.05, 0.1) is 0 Å². The van der Waals surface area contributed by atoms with Crippen LogP contribution in [0.25, 0.3) is 0 Å². The van der Waals surface area contributed by atoms with E-state index in [4.69, 9.17) is 9.11 Å². The fraction of sp³-hybridized carbons (Fsp3) is 1.00. The summed E-state index contributed by atoms with van der Waals surface area (Å²) >= 11 is -4.91. The molecular weight excluding hydrogens is 180 g/mol. The topological polar surface area (TPSA) is 81.1 Å². The molecule has 0 heterocycles. The van der Waals surface area contributed by atoms with Crippen LogP contribution >= 0.6 is 0 Å². The Balaban J connectivity index is 4.27. The summed E-state index contributed by atoms with van der Waals surface area (Å²) < 4.78 is 37.6. The van der Waals surface area contributed by atoms with Gasteiger partial charge in [0.2, 0.25) is 0 Å². The third kappa shape index (κ3) is 2.82. The summed E-state index contributed by atoms with van der Waals surface area (Å²) in [4.78, 5) is 0. The maximum Gasteiger partial charge on any atom is 0.263 e. The summed E-state index contributed by atoms with van der Waals surface area (Å²) in [5, 5.41) is 1.05. The largest absolute Gasteiger partial charge is 0.292 e. The van der Waals surface area contributed by atoms with E-state index in [9.17, 15) is 8.42 Å².